The SMILES string of the molecule is COC(=O)c1cccc(N[C@@H]2CC(=O)N(c3cccc(Cl)c3)C2=O)c1. The summed E-state index contributed by atoms with van der Waals surface area (Å²) in [5.74, 6) is -1.15. The van der Waals surface area contributed by atoms with E-state index >= 15 is 0 Å². The number of nitrogens with zero attached hydrogens (tertiary/aromatic N) is 1. The van der Waals surface area contributed by atoms with Gasteiger partial charge < -0.3 is 10.1 Å². The maximum absolute atomic E-state index is 12.6. The van der Waals surface area contributed by atoms with Crippen LogP contribution in [-0.4, -0.2) is 30.9 Å². The van der Waals surface area contributed by atoms with Gasteiger partial charge in [-0.05, 0) is 36.4 Å². The Kier molecular flexibility index (Phi) is 4.72. The first-order valence-corrected chi connectivity index (χ1v) is 7.94. The highest BCUT2D eigenvalue weighted by Crippen LogP contribution is 2.27. The lowest BCUT2D eigenvalue weighted by Crippen LogP contribution is -2.34. The van der Waals surface area contributed by atoms with Crippen LogP contribution in [0.2, 0.25) is 5.02 Å². The second-order valence-corrected chi connectivity index (χ2v) is 5.96. The predicted molar refractivity (Wildman–Crippen MR) is 93.8 cm³/mol. The number of carbonyl (C=O) groups excluding carboxylic acids is 3. The molecule has 2 aromatic carbocycles. The van der Waals surface area contributed by atoms with Crippen molar-refractivity contribution < 1.29 is 19.1 Å². The number of halogens is 1. The average molecular weight is 359 g/mol. The molecule has 7 heteroatoms. The van der Waals surface area contributed by atoms with E-state index in [1.807, 2.05) is 0 Å². The minimum atomic E-state index is -0.709. The molecule has 2 amide bonds. The lowest BCUT2D eigenvalue weighted by Gasteiger charge is -2.16. The summed E-state index contributed by atoms with van der Waals surface area (Å²) in [7, 11) is 1.30. The summed E-state index contributed by atoms with van der Waals surface area (Å²) < 4.78 is 4.68. The third kappa shape index (κ3) is 3.49. The van der Waals surface area contributed by atoms with Gasteiger partial charge in [0, 0.05) is 10.7 Å². The highest BCUT2D eigenvalue weighted by molar-refractivity contribution is 6.31. The van der Waals surface area contributed by atoms with Gasteiger partial charge >= 0.3 is 5.97 Å². The Hall–Kier alpha value is -2.86. The van der Waals surface area contributed by atoms with Gasteiger partial charge in [-0.1, -0.05) is 23.7 Å². The van der Waals surface area contributed by atoms with Gasteiger partial charge in [-0.3, -0.25) is 9.59 Å². The third-order valence-electron chi connectivity index (χ3n) is 3.84. The zero-order chi connectivity index (χ0) is 18.0. The number of hydrogen-bond donors (Lipinski definition) is 1. The van der Waals surface area contributed by atoms with E-state index < -0.39 is 12.0 Å². The second kappa shape index (κ2) is 6.94. The van der Waals surface area contributed by atoms with E-state index in [1.54, 1.807) is 48.5 Å². The molecule has 0 spiro atoms. The van der Waals surface area contributed by atoms with Gasteiger partial charge in [0.1, 0.15) is 6.04 Å². The Morgan fingerprint density at radius 1 is 1.20 bits per heavy atom. The molecular weight excluding hydrogens is 344 g/mol. The topological polar surface area (TPSA) is 75.7 Å². The molecule has 1 heterocycles. The number of benzene rings is 2. The van der Waals surface area contributed by atoms with Crippen molar-refractivity contribution in [1.82, 2.24) is 0 Å². The van der Waals surface area contributed by atoms with Crippen molar-refractivity contribution in [2.24, 2.45) is 0 Å². The first-order valence-electron chi connectivity index (χ1n) is 7.57. The summed E-state index contributed by atoms with van der Waals surface area (Å²) in [5.41, 5.74) is 1.35. The monoisotopic (exact) mass is 358 g/mol. The minimum absolute atomic E-state index is 0.0216. The van der Waals surface area contributed by atoms with Crippen LogP contribution < -0.4 is 10.2 Å². The molecule has 128 valence electrons. The highest BCUT2D eigenvalue weighted by atomic mass is 35.5. The molecule has 0 radical (unpaired) electrons. The van der Waals surface area contributed by atoms with E-state index in [-0.39, 0.29) is 18.2 Å². The molecule has 3 rings (SSSR count). The number of nitrogens with one attached hydrogen (secondary N) is 1. The molecule has 25 heavy (non-hydrogen) atoms. The second-order valence-electron chi connectivity index (χ2n) is 5.52. The Morgan fingerprint density at radius 3 is 2.68 bits per heavy atom. The summed E-state index contributed by atoms with van der Waals surface area (Å²) in [6, 6.07) is 12.4. The number of ether oxygens (including phenoxy) is 1. The normalized spacial score (nSPS) is 16.9. The van der Waals surface area contributed by atoms with Crippen LogP contribution in [0.4, 0.5) is 11.4 Å². The van der Waals surface area contributed by atoms with Crippen molar-refractivity contribution in [3.8, 4) is 0 Å². The van der Waals surface area contributed by atoms with Crippen LogP contribution in [-0.2, 0) is 14.3 Å². The number of rotatable bonds is 4. The van der Waals surface area contributed by atoms with E-state index in [1.165, 1.54) is 7.11 Å². The number of anilines is 2. The van der Waals surface area contributed by atoms with Crippen molar-refractivity contribution in [1.29, 1.82) is 0 Å². The zero-order valence-electron chi connectivity index (χ0n) is 13.4. The van der Waals surface area contributed by atoms with Gasteiger partial charge in [-0.15, -0.1) is 0 Å². The molecule has 1 aliphatic heterocycles. The molecule has 1 fully saturated rings. The van der Waals surface area contributed by atoms with Crippen LogP contribution in [0.1, 0.15) is 16.8 Å². The van der Waals surface area contributed by atoms with E-state index in [0.717, 1.165) is 4.90 Å². The molecule has 1 N–H and O–H groups in total. The van der Waals surface area contributed by atoms with Crippen molar-refractivity contribution >= 4 is 40.8 Å². The lowest BCUT2D eigenvalue weighted by molar-refractivity contribution is -0.121. The molecule has 1 atom stereocenters. The standard InChI is InChI=1S/C18H15ClN2O4/c1-25-18(24)11-4-2-6-13(8-11)20-15-10-16(22)21(17(15)23)14-7-3-5-12(19)9-14/h2-9,15,20H,10H2,1H3/t15-/m1/s1. The van der Waals surface area contributed by atoms with Gasteiger partial charge in [-0.25, -0.2) is 9.69 Å². The Bertz CT molecular complexity index is 852. The summed E-state index contributed by atoms with van der Waals surface area (Å²) >= 11 is 5.94. The smallest absolute Gasteiger partial charge is 0.337 e. The number of hydrogen-bond acceptors (Lipinski definition) is 5. The molecule has 0 saturated carbocycles. The predicted octanol–water partition coefficient (Wildman–Crippen LogP) is 2.87. The number of methoxy groups -OCH3 is 1. The zero-order valence-corrected chi connectivity index (χ0v) is 14.1. The van der Waals surface area contributed by atoms with E-state index in [0.29, 0.717) is 22.0 Å². The molecular formula is C18H15ClN2O4. The first-order chi connectivity index (χ1) is 12.0. The minimum Gasteiger partial charge on any atom is -0.465 e. The molecule has 0 unspecified atom stereocenters. The number of imide groups is 1. The van der Waals surface area contributed by atoms with Crippen LogP contribution in [0.25, 0.3) is 0 Å². The maximum Gasteiger partial charge on any atom is 0.337 e. The van der Waals surface area contributed by atoms with E-state index in [2.05, 4.69) is 10.1 Å². The van der Waals surface area contributed by atoms with E-state index in [4.69, 9.17) is 11.6 Å². The Balaban J connectivity index is 1.80. The van der Waals surface area contributed by atoms with Crippen molar-refractivity contribution in [3.05, 3.63) is 59.1 Å². The van der Waals surface area contributed by atoms with Crippen LogP contribution in [0, 0.1) is 0 Å². The van der Waals surface area contributed by atoms with Crippen LogP contribution in [0.15, 0.2) is 48.5 Å². The number of amides is 2. The van der Waals surface area contributed by atoms with Gasteiger partial charge in [0.15, 0.2) is 0 Å². The van der Waals surface area contributed by atoms with E-state index in [9.17, 15) is 14.4 Å². The molecule has 1 saturated heterocycles. The number of carbonyl (C=O) groups is 3. The largest absolute Gasteiger partial charge is 0.465 e. The fourth-order valence-electron chi connectivity index (χ4n) is 2.69. The fraction of sp³-hybridized carbons (Fsp3) is 0.167. The van der Waals surface area contributed by atoms with Crippen molar-refractivity contribution in [2.75, 3.05) is 17.3 Å². The van der Waals surface area contributed by atoms with Gasteiger partial charge in [0.05, 0.1) is 24.8 Å². The quantitative estimate of drug-likeness (QED) is 0.672. The fourth-order valence-corrected chi connectivity index (χ4v) is 2.87. The molecule has 0 aromatic heterocycles. The summed E-state index contributed by atoms with van der Waals surface area (Å²) in [5, 5.41) is 3.45. The maximum atomic E-state index is 12.6. The van der Waals surface area contributed by atoms with Gasteiger partial charge in [0.2, 0.25) is 5.91 Å². The molecule has 6 nitrogen and oxygen atoms in total. The van der Waals surface area contributed by atoms with Gasteiger partial charge in [-0.2, -0.15) is 0 Å². The lowest BCUT2D eigenvalue weighted by atomic mass is 10.1. The molecule has 2 aromatic rings. The van der Waals surface area contributed by atoms with Crippen molar-refractivity contribution in [2.45, 2.75) is 12.5 Å². The Labute approximate surface area is 149 Å². The summed E-state index contributed by atoms with van der Waals surface area (Å²) in [6.45, 7) is 0. The summed E-state index contributed by atoms with van der Waals surface area (Å²) in [4.78, 5) is 37.6. The average Bonchev–Trinajstić information content (AvgIpc) is 2.88. The summed E-state index contributed by atoms with van der Waals surface area (Å²) in [6.07, 6.45) is 0.0216. The van der Waals surface area contributed by atoms with Crippen LogP contribution in [0.3, 0.4) is 0 Å². The third-order valence-corrected chi connectivity index (χ3v) is 4.07. The highest BCUT2D eigenvalue weighted by Gasteiger charge is 2.39. The van der Waals surface area contributed by atoms with Gasteiger partial charge in [0.25, 0.3) is 5.91 Å². The van der Waals surface area contributed by atoms with Crippen molar-refractivity contribution in [3.63, 3.8) is 0 Å². The molecule has 0 aliphatic carbocycles. The molecule has 0 bridgehead atoms. The van der Waals surface area contributed by atoms with Crippen LogP contribution >= 0.6 is 11.6 Å². The first kappa shape index (κ1) is 17.0. The molecule has 1 aliphatic rings. The van der Waals surface area contributed by atoms with Crippen LogP contribution in [0.5, 0.6) is 0 Å². The number of esters is 1. The Morgan fingerprint density at radius 2 is 1.96 bits per heavy atom.